The zero-order valence-corrected chi connectivity index (χ0v) is 13.2. The Morgan fingerprint density at radius 3 is 2.12 bits per heavy atom. The Bertz CT molecular complexity index is 1010. The van der Waals surface area contributed by atoms with Gasteiger partial charge in [0.25, 0.3) is 0 Å². The molecule has 0 aliphatic heterocycles. The molecule has 0 aliphatic rings. The van der Waals surface area contributed by atoms with Crippen molar-refractivity contribution in [2.24, 2.45) is 0 Å². The minimum atomic E-state index is 0.553. The topological polar surface area (TPSA) is 23.9 Å². The van der Waals surface area contributed by atoms with Crippen molar-refractivity contribution in [1.29, 1.82) is 5.41 Å². The summed E-state index contributed by atoms with van der Waals surface area (Å²) in [5.41, 5.74) is 4.78. The maximum Gasteiger partial charge on any atom is 0.0684 e. The summed E-state index contributed by atoms with van der Waals surface area (Å²) >= 11 is 0. The number of hydrogen-bond donors (Lipinski definition) is 1. The molecular weight excluding hydrogens is 290 g/mol. The standard InChI is InChI=1S/C23H17N/c24-23(18-9-2-1-3-10-18)20-13-6-12-19(16-20)22-15-7-11-17-8-4-5-14-21(17)22/h1-16,24H. The average Bonchev–Trinajstić information content (AvgIpc) is 2.68. The zero-order chi connectivity index (χ0) is 16.4. The molecule has 4 aromatic rings. The van der Waals surface area contributed by atoms with E-state index in [2.05, 4.69) is 54.6 Å². The monoisotopic (exact) mass is 307 g/mol. The second-order valence-electron chi connectivity index (χ2n) is 5.85. The first-order valence-electron chi connectivity index (χ1n) is 8.05. The van der Waals surface area contributed by atoms with Crippen molar-refractivity contribution in [1.82, 2.24) is 0 Å². The average molecular weight is 307 g/mol. The third-order valence-corrected chi connectivity index (χ3v) is 4.31. The number of nitrogens with one attached hydrogen (secondary N) is 1. The van der Waals surface area contributed by atoms with E-state index in [1.165, 1.54) is 16.3 Å². The van der Waals surface area contributed by atoms with E-state index < -0.39 is 0 Å². The number of benzene rings is 4. The highest BCUT2D eigenvalue weighted by Gasteiger charge is 2.08. The number of hydrogen-bond acceptors (Lipinski definition) is 1. The lowest BCUT2D eigenvalue weighted by atomic mass is 9.95. The molecule has 0 saturated heterocycles. The van der Waals surface area contributed by atoms with E-state index >= 15 is 0 Å². The predicted molar refractivity (Wildman–Crippen MR) is 102 cm³/mol. The summed E-state index contributed by atoms with van der Waals surface area (Å²) in [6.45, 7) is 0. The highest BCUT2D eigenvalue weighted by molar-refractivity contribution is 6.11. The molecule has 0 amide bonds. The summed E-state index contributed by atoms with van der Waals surface area (Å²) < 4.78 is 0. The molecule has 1 heteroatoms. The van der Waals surface area contributed by atoms with Gasteiger partial charge in [-0.2, -0.15) is 0 Å². The fourth-order valence-electron chi connectivity index (χ4n) is 3.09. The molecule has 0 spiro atoms. The van der Waals surface area contributed by atoms with E-state index in [1.807, 2.05) is 42.5 Å². The van der Waals surface area contributed by atoms with Crippen molar-refractivity contribution in [2.45, 2.75) is 0 Å². The van der Waals surface area contributed by atoms with Gasteiger partial charge >= 0.3 is 0 Å². The second kappa shape index (κ2) is 6.13. The van der Waals surface area contributed by atoms with Crippen LogP contribution in [0.5, 0.6) is 0 Å². The lowest BCUT2D eigenvalue weighted by Gasteiger charge is -2.10. The maximum absolute atomic E-state index is 8.49. The van der Waals surface area contributed by atoms with Crippen LogP contribution in [0.15, 0.2) is 97.1 Å². The van der Waals surface area contributed by atoms with Crippen LogP contribution in [0.3, 0.4) is 0 Å². The number of fused-ring (bicyclic) bond motifs is 1. The van der Waals surface area contributed by atoms with Gasteiger partial charge in [0, 0.05) is 5.56 Å². The first kappa shape index (κ1) is 14.4. The predicted octanol–water partition coefficient (Wildman–Crippen LogP) is 5.92. The molecule has 0 fully saturated rings. The van der Waals surface area contributed by atoms with Crippen LogP contribution >= 0.6 is 0 Å². The van der Waals surface area contributed by atoms with Gasteiger partial charge in [-0.05, 0) is 33.5 Å². The summed E-state index contributed by atoms with van der Waals surface area (Å²) in [4.78, 5) is 0. The molecular formula is C23H17N. The smallest absolute Gasteiger partial charge is 0.0684 e. The van der Waals surface area contributed by atoms with Gasteiger partial charge in [0.05, 0.1) is 5.71 Å². The van der Waals surface area contributed by atoms with Crippen LogP contribution < -0.4 is 0 Å². The van der Waals surface area contributed by atoms with E-state index in [1.54, 1.807) is 0 Å². The fourth-order valence-corrected chi connectivity index (χ4v) is 3.09. The number of rotatable bonds is 3. The minimum absolute atomic E-state index is 0.553. The molecule has 1 nitrogen and oxygen atoms in total. The lowest BCUT2D eigenvalue weighted by molar-refractivity contribution is 1.45. The molecule has 114 valence electrons. The molecule has 4 rings (SSSR count). The molecule has 0 aliphatic carbocycles. The van der Waals surface area contributed by atoms with Gasteiger partial charge in [0.1, 0.15) is 0 Å². The highest BCUT2D eigenvalue weighted by Crippen LogP contribution is 2.29. The SMILES string of the molecule is N=C(c1ccccc1)c1cccc(-c2cccc3ccccc23)c1. The van der Waals surface area contributed by atoms with Crippen molar-refractivity contribution in [3.05, 3.63) is 108 Å². The van der Waals surface area contributed by atoms with Crippen molar-refractivity contribution in [3.8, 4) is 11.1 Å². The van der Waals surface area contributed by atoms with E-state index in [4.69, 9.17) is 5.41 Å². The van der Waals surface area contributed by atoms with Gasteiger partial charge in [0.2, 0.25) is 0 Å². The van der Waals surface area contributed by atoms with E-state index in [0.717, 1.165) is 16.7 Å². The Hall–Kier alpha value is -3.19. The van der Waals surface area contributed by atoms with Crippen molar-refractivity contribution in [2.75, 3.05) is 0 Å². The molecule has 4 aromatic carbocycles. The van der Waals surface area contributed by atoms with Crippen LogP contribution in [-0.2, 0) is 0 Å². The molecule has 1 N–H and O–H groups in total. The Morgan fingerprint density at radius 2 is 1.25 bits per heavy atom. The Labute approximate surface area is 141 Å². The van der Waals surface area contributed by atoms with Crippen LogP contribution in [0, 0.1) is 5.41 Å². The first-order chi connectivity index (χ1) is 11.8. The highest BCUT2D eigenvalue weighted by atomic mass is 14.4. The van der Waals surface area contributed by atoms with Gasteiger partial charge in [-0.15, -0.1) is 0 Å². The largest absolute Gasteiger partial charge is 0.300 e. The second-order valence-corrected chi connectivity index (χ2v) is 5.85. The van der Waals surface area contributed by atoms with E-state index in [0.29, 0.717) is 5.71 Å². The molecule has 24 heavy (non-hydrogen) atoms. The third-order valence-electron chi connectivity index (χ3n) is 4.31. The van der Waals surface area contributed by atoms with Crippen LogP contribution in [0.4, 0.5) is 0 Å². The van der Waals surface area contributed by atoms with Crippen LogP contribution in [0.25, 0.3) is 21.9 Å². The molecule has 0 bridgehead atoms. The molecule has 0 heterocycles. The maximum atomic E-state index is 8.49. The summed E-state index contributed by atoms with van der Waals surface area (Å²) in [5, 5.41) is 11.0. The van der Waals surface area contributed by atoms with Crippen molar-refractivity contribution in [3.63, 3.8) is 0 Å². The third kappa shape index (κ3) is 2.61. The van der Waals surface area contributed by atoms with Gasteiger partial charge in [-0.1, -0.05) is 91.0 Å². The minimum Gasteiger partial charge on any atom is -0.300 e. The zero-order valence-electron chi connectivity index (χ0n) is 13.2. The van der Waals surface area contributed by atoms with Crippen molar-refractivity contribution < 1.29 is 0 Å². The summed E-state index contributed by atoms with van der Waals surface area (Å²) in [6, 6.07) is 32.9. The molecule has 0 atom stereocenters. The molecule has 0 radical (unpaired) electrons. The molecule has 0 unspecified atom stereocenters. The van der Waals surface area contributed by atoms with E-state index in [-0.39, 0.29) is 0 Å². The van der Waals surface area contributed by atoms with Gasteiger partial charge in [0.15, 0.2) is 0 Å². The lowest BCUT2D eigenvalue weighted by Crippen LogP contribution is -2.01. The fraction of sp³-hybridized carbons (Fsp3) is 0. The van der Waals surface area contributed by atoms with Gasteiger partial charge in [-0.25, -0.2) is 0 Å². The molecule has 0 aromatic heterocycles. The Kier molecular flexibility index (Phi) is 3.68. The summed E-state index contributed by atoms with van der Waals surface area (Å²) in [5.74, 6) is 0. The quantitative estimate of drug-likeness (QED) is 0.454. The summed E-state index contributed by atoms with van der Waals surface area (Å²) in [7, 11) is 0. The van der Waals surface area contributed by atoms with Crippen LogP contribution in [0.1, 0.15) is 11.1 Å². The Morgan fingerprint density at radius 1 is 0.583 bits per heavy atom. The van der Waals surface area contributed by atoms with Crippen LogP contribution in [0.2, 0.25) is 0 Å². The summed E-state index contributed by atoms with van der Waals surface area (Å²) in [6.07, 6.45) is 0. The van der Waals surface area contributed by atoms with Gasteiger partial charge in [-0.3, -0.25) is 5.41 Å². The Balaban J connectivity index is 1.82. The normalized spacial score (nSPS) is 10.7. The van der Waals surface area contributed by atoms with Crippen LogP contribution in [-0.4, -0.2) is 5.71 Å². The van der Waals surface area contributed by atoms with Crippen molar-refractivity contribution >= 4 is 16.5 Å². The van der Waals surface area contributed by atoms with Gasteiger partial charge < -0.3 is 0 Å². The first-order valence-corrected chi connectivity index (χ1v) is 8.05. The van der Waals surface area contributed by atoms with E-state index in [9.17, 15) is 0 Å². The molecule has 0 saturated carbocycles.